The van der Waals surface area contributed by atoms with Crippen LogP contribution in [-0.2, 0) is 20.7 Å². The molecule has 154 valence electrons. The minimum Gasteiger partial charge on any atom is -0.383 e. The number of benzene rings is 1. The first-order valence-corrected chi connectivity index (χ1v) is 10.3. The molecule has 1 fully saturated rings. The Hall–Kier alpha value is -2.22. The second kappa shape index (κ2) is 8.65. The third-order valence-electron chi connectivity index (χ3n) is 5.32. The summed E-state index contributed by atoms with van der Waals surface area (Å²) >= 11 is 6.29. The molecule has 29 heavy (non-hydrogen) atoms. The van der Waals surface area contributed by atoms with Crippen molar-refractivity contribution in [3.8, 4) is 0 Å². The zero-order chi connectivity index (χ0) is 20.4. The number of nitrogens with zero attached hydrogens (tertiary/aromatic N) is 3. The summed E-state index contributed by atoms with van der Waals surface area (Å²) < 4.78 is 13.0. The summed E-state index contributed by atoms with van der Waals surface area (Å²) in [5, 5.41) is 4.49. The van der Waals surface area contributed by atoms with Crippen LogP contribution < -0.4 is 5.32 Å². The van der Waals surface area contributed by atoms with Crippen LogP contribution in [0.5, 0.6) is 0 Å². The second-order valence-electron chi connectivity index (χ2n) is 7.43. The number of carbonyl (C=O) groups excluding carboxylic acids is 1. The molecular weight excluding hydrogens is 392 g/mol. The standard InChI is InChI=1S/C21H25ClN4O3/c1-13-9-15(5-7-29-13)26-19(11-20(27)23-6-8-28-2)25-18-12-24-17-4-3-14(22)10-16(17)21(18)26/h3-4,10,12-13,15H,5-9,11H2,1-2H3,(H,23,27)/t13-,15-/m1/s1. The Morgan fingerprint density at radius 3 is 3.07 bits per heavy atom. The van der Waals surface area contributed by atoms with Crippen LogP contribution in [0.25, 0.3) is 21.9 Å². The van der Waals surface area contributed by atoms with Gasteiger partial charge in [-0.05, 0) is 38.0 Å². The molecule has 4 rings (SSSR count). The lowest BCUT2D eigenvalue weighted by molar-refractivity contribution is -0.120. The van der Waals surface area contributed by atoms with Crippen LogP contribution >= 0.6 is 11.6 Å². The number of halogens is 1. The number of nitrogens with one attached hydrogen (secondary N) is 1. The Morgan fingerprint density at radius 2 is 2.28 bits per heavy atom. The lowest BCUT2D eigenvalue weighted by Gasteiger charge is -2.30. The number of methoxy groups -OCH3 is 1. The number of amides is 1. The largest absolute Gasteiger partial charge is 0.383 e. The van der Waals surface area contributed by atoms with Gasteiger partial charge in [-0.1, -0.05) is 11.6 Å². The summed E-state index contributed by atoms with van der Waals surface area (Å²) in [7, 11) is 1.61. The molecule has 1 N–H and O–H groups in total. The molecule has 0 spiro atoms. The van der Waals surface area contributed by atoms with Gasteiger partial charge in [0, 0.05) is 36.7 Å². The molecule has 1 aliphatic heterocycles. The van der Waals surface area contributed by atoms with Gasteiger partial charge in [0.25, 0.3) is 0 Å². The SMILES string of the molecule is COCCNC(=O)Cc1nc2cnc3ccc(Cl)cc3c2n1[C@@H]1CCO[C@H](C)C1. The summed E-state index contributed by atoms with van der Waals surface area (Å²) in [5.41, 5.74) is 2.62. The van der Waals surface area contributed by atoms with E-state index in [1.54, 1.807) is 13.3 Å². The van der Waals surface area contributed by atoms with Crippen molar-refractivity contribution >= 4 is 39.4 Å². The van der Waals surface area contributed by atoms with Crippen LogP contribution in [0.3, 0.4) is 0 Å². The molecule has 3 heterocycles. The van der Waals surface area contributed by atoms with E-state index in [4.69, 9.17) is 26.1 Å². The van der Waals surface area contributed by atoms with Gasteiger partial charge in [0.2, 0.25) is 5.91 Å². The molecule has 2 atom stereocenters. The number of pyridine rings is 1. The van der Waals surface area contributed by atoms with E-state index in [2.05, 4.69) is 21.8 Å². The van der Waals surface area contributed by atoms with Crippen molar-refractivity contribution in [2.45, 2.75) is 38.3 Å². The average Bonchev–Trinajstić information content (AvgIpc) is 3.06. The van der Waals surface area contributed by atoms with Gasteiger partial charge in [0.05, 0.1) is 36.4 Å². The van der Waals surface area contributed by atoms with Crippen molar-refractivity contribution in [1.29, 1.82) is 0 Å². The van der Waals surface area contributed by atoms with Gasteiger partial charge >= 0.3 is 0 Å². The maximum absolute atomic E-state index is 12.5. The predicted octanol–water partition coefficient (Wildman–Crippen LogP) is 3.28. The van der Waals surface area contributed by atoms with E-state index in [1.165, 1.54) is 0 Å². The van der Waals surface area contributed by atoms with E-state index in [0.717, 1.165) is 40.6 Å². The number of hydrogen-bond donors (Lipinski definition) is 1. The zero-order valence-electron chi connectivity index (χ0n) is 16.7. The molecule has 1 aromatic carbocycles. The fourth-order valence-corrected chi connectivity index (χ4v) is 4.19. The topological polar surface area (TPSA) is 78.3 Å². The molecule has 1 saturated heterocycles. The minimum absolute atomic E-state index is 0.0750. The van der Waals surface area contributed by atoms with Gasteiger partial charge in [-0.2, -0.15) is 0 Å². The van der Waals surface area contributed by atoms with Crippen LogP contribution in [0.15, 0.2) is 24.4 Å². The summed E-state index contributed by atoms with van der Waals surface area (Å²) in [6.45, 7) is 3.73. The second-order valence-corrected chi connectivity index (χ2v) is 7.87. The van der Waals surface area contributed by atoms with Crippen LogP contribution in [0.1, 0.15) is 31.6 Å². The Morgan fingerprint density at radius 1 is 1.41 bits per heavy atom. The highest BCUT2D eigenvalue weighted by Gasteiger charge is 2.27. The number of carbonyl (C=O) groups is 1. The molecule has 8 heteroatoms. The highest BCUT2D eigenvalue weighted by molar-refractivity contribution is 6.31. The Labute approximate surface area is 174 Å². The predicted molar refractivity (Wildman–Crippen MR) is 112 cm³/mol. The van der Waals surface area contributed by atoms with E-state index in [1.807, 2.05) is 18.2 Å². The van der Waals surface area contributed by atoms with Gasteiger partial charge in [0.15, 0.2) is 0 Å². The highest BCUT2D eigenvalue weighted by Crippen LogP contribution is 2.34. The van der Waals surface area contributed by atoms with Crippen LogP contribution in [0.2, 0.25) is 5.02 Å². The maximum Gasteiger partial charge on any atom is 0.227 e. The fraction of sp³-hybridized carbons (Fsp3) is 0.476. The molecule has 0 radical (unpaired) electrons. The first-order valence-electron chi connectivity index (χ1n) is 9.89. The molecule has 0 aliphatic carbocycles. The summed E-state index contributed by atoms with van der Waals surface area (Å²) in [4.78, 5) is 21.8. The molecule has 0 bridgehead atoms. The number of fused-ring (bicyclic) bond motifs is 3. The molecule has 0 saturated carbocycles. The number of imidazole rings is 1. The van der Waals surface area contributed by atoms with Crippen LogP contribution in [-0.4, -0.2) is 53.4 Å². The number of hydrogen-bond acceptors (Lipinski definition) is 5. The first kappa shape index (κ1) is 20.1. The molecule has 1 amide bonds. The molecule has 0 unspecified atom stereocenters. The van der Waals surface area contributed by atoms with Crippen molar-refractivity contribution < 1.29 is 14.3 Å². The Balaban J connectivity index is 1.81. The lowest BCUT2D eigenvalue weighted by Crippen LogP contribution is -2.31. The van der Waals surface area contributed by atoms with Gasteiger partial charge < -0.3 is 19.4 Å². The number of aromatic nitrogens is 3. The smallest absolute Gasteiger partial charge is 0.227 e. The third-order valence-corrected chi connectivity index (χ3v) is 5.56. The van der Waals surface area contributed by atoms with Gasteiger partial charge in [-0.25, -0.2) is 4.98 Å². The third kappa shape index (κ3) is 4.22. The van der Waals surface area contributed by atoms with E-state index >= 15 is 0 Å². The van der Waals surface area contributed by atoms with E-state index in [9.17, 15) is 4.79 Å². The Bertz CT molecular complexity index is 1040. The highest BCUT2D eigenvalue weighted by atomic mass is 35.5. The molecule has 3 aromatic rings. The van der Waals surface area contributed by atoms with Crippen LogP contribution in [0.4, 0.5) is 0 Å². The molecule has 2 aromatic heterocycles. The fourth-order valence-electron chi connectivity index (χ4n) is 4.02. The van der Waals surface area contributed by atoms with Gasteiger partial charge in [-0.3, -0.25) is 9.78 Å². The monoisotopic (exact) mass is 416 g/mol. The number of ether oxygens (including phenoxy) is 2. The minimum atomic E-state index is -0.0750. The molecule has 7 nitrogen and oxygen atoms in total. The van der Waals surface area contributed by atoms with Crippen molar-refractivity contribution in [3.05, 3.63) is 35.2 Å². The van der Waals surface area contributed by atoms with E-state index < -0.39 is 0 Å². The van der Waals surface area contributed by atoms with Crippen molar-refractivity contribution in [2.24, 2.45) is 0 Å². The normalized spacial score (nSPS) is 19.7. The molecule has 1 aliphatic rings. The van der Waals surface area contributed by atoms with E-state index in [0.29, 0.717) is 24.8 Å². The molecular formula is C21H25ClN4O3. The number of rotatable bonds is 6. The summed E-state index contributed by atoms with van der Waals surface area (Å²) in [6, 6.07) is 5.88. The quantitative estimate of drug-likeness (QED) is 0.624. The lowest BCUT2D eigenvalue weighted by atomic mass is 10.0. The van der Waals surface area contributed by atoms with Crippen molar-refractivity contribution in [2.75, 3.05) is 26.9 Å². The first-order chi connectivity index (χ1) is 14.1. The Kier molecular flexibility index (Phi) is 5.99. The average molecular weight is 417 g/mol. The van der Waals surface area contributed by atoms with Crippen molar-refractivity contribution in [1.82, 2.24) is 19.9 Å². The summed E-state index contributed by atoms with van der Waals surface area (Å²) in [5.74, 6) is 0.664. The zero-order valence-corrected chi connectivity index (χ0v) is 17.4. The van der Waals surface area contributed by atoms with Gasteiger partial charge in [0.1, 0.15) is 11.3 Å². The van der Waals surface area contributed by atoms with Crippen molar-refractivity contribution in [3.63, 3.8) is 0 Å². The van der Waals surface area contributed by atoms with Crippen LogP contribution in [0, 0.1) is 0 Å². The van der Waals surface area contributed by atoms with E-state index in [-0.39, 0.29) is 24.5 Å². The summed E-state index contributed by atoms with van der Waals surface area (Å²) in [6.07, 6.45) is 3.88. The van der Waals surface area contributed by atoms with Gasteiger partial charge in [-0.15, -0.1) is 0 Å². The maximum atomic E-state index is 12.5.